The predicted molar refractivity (Wildman–Crippen MR) is 65.7 cm³/mol. The van der Waals surface area contributed by atoms with E-state index >= 15 is 0 Å². The molecule has 102 valence electrons. The zero-order chi connectivity index (χ0) is 14.7. The lowest BCUT2D eigenvalue weighted by molar-refractivity contribution is -0.384. The minimum Gasteiger partial charge on any atom is -0.289 e. The van der Waals surface area contributed by atoms with Crippen molar-refractivity contribution in [1.82, 2.24) is 4.98 Å². The summed E-state index contributed by atoms with van der Waals surface area (Å²) in [6.45, 7) is 0. The number of pyridine rings is 1. The lowest BCUT2D eigenvalue weighted by Gasteiger charge is -2.07. The summed E-state index contributed by atoms with van der Waals surface area (Å²) in [5.74, 6) is -0.702. The Bertz CT molecular complexity index is 660. The number of nitro groups is 1. The zero-order valence-corrected chi connectivity index (χ0v) is 9.99. The van der Waals surface area contributed by atoms with Gasteiger partial charge in [0.25, 0.3) is 12.1 Å². The Balaban J connectivity index is 2.55. The highest BCUT2D eigenvalue weighted by atomic mass is 19.3. The van der Waals surface area contributed by atoms with E-state index < -0.39 is 28.4 Å². The fourth-order valence-electron chi connectivity index (χ4n) is 1.70. The molecule has 2 aromatic rings. The largest absolute Gasteiger partial charge is 0.289 e. The Labute approximate surface area is 112 Å². The van der Waals surface area contributed by atoms with E-state index in [9.17, 15) is 23.7 Å². The molecule has 7 heteroatoms. The van der Waals surface area contributed by atoms with Crippen LogP contribution in [0.1, 0.15) is 27.9 Å². The smallest absolute Gasteiger partial charge is 0.270 e. The van der Waals surface area contributed by atoms with E-state index in [4.69, 9.17) is 0 Å². The number of ketones is 1. The molecule has 20 heavy (non-hydrogen) atoms. The minimum absolute atomic E-state index is 0.141. The maximum atomic E-state index is 12.9. The molecular formula is C13H8F2N2O3. The first-order chi connectivity index (χ1) is 9.50. The van der Waals surface area contributed by atoms with Gasteiger partial charge in [-0.15, -0.1) is 0 Å². The number of alkyl halides is 2. The third kappa shape index (κ3) is 2.66. The second kappa shape index (κ2) is 5.52. The average molecular weight is 278 g/mol. The lowest BCUT2D eigenvalue weighted by Crippen LogP contribution is -2.07. The molecule has 1 aromatic heterocycles. The summed E-state index contributed by atoms with van der Waals surface area (Å²) in [6.07, 6.45) is -0.212. The van der Waals surface area contributed by atoms with Crippen LogP contribution in [0.2, 0.25) is 0 Å². The number of nitro benzene ring substituents is 1. The quantitative estimate of drug-likeness (QED) is 0.489. The van der Waals surface area contributed by atoms with Crippen LogP contribution in [0, 0.1) is 10.1 Å². The maximum absolute atomic E-state index is 12.9. The molecule has 0 fully saturated rings. The first-order valence-corrected chi connectivity index (χ1v) is 5.52. The number of benzene rings is 1. The van der Waals surface area contributed by atoms with Crippen molar-refractivity contribution in [3.05, 3.63) is 69.5 Å². The van der Waals surface area contributed by atoms with Crippen LogP contribution in [0.15, 0.2) is 42.7 Å². The van der Waals surface area contributed by atoms with E-state index in [0.717, 1.165) is 18.2 Å². The highest BCUT2D eigenvalue weighted by Gasteiger charge is 2.22. The molecule has 1 heterocycles. The molecule has 0 aliphatic carbocycles. The van der Waals surface area contributed by atoms with Gasteiger partial charge in [0.2, 0.25) is 0 Å². The third-order valence-corrected chi connectivity index (χ3v) is 2.67. The van der Waals surface area contributed by atoms with Crippen LogP contribution in [-0.4, -0.2) is 15.7 Å². The van der Waals surface area contributed by atoms with E-state index in [1.54, 1.807) is 0 Å². The zero-order valence-electron chi connectivity index (χ0n) is 9.99. The fourth-order valence-corrected chi connectivity index (χ4v) is 1.70. The fraction of sp³-hybridized carbons (Fsp3) is 0.0769. The van der Waals surface area contributed by atoms with E-state index in [-0.39, 0.29) is 11.1 Å². The summed E-state index contributed by atoms with van der Waals surface area (Å²) in [6, 6.07) is 5.43. The Kier molecular flexibility index (Phi) is 3.79. The first kappa shape index (κ1) is 13.7. The normalized spacial score (nSPS) is 10.6. The van der Waals surface area contributed by atoms with Gasteiger partial charge in [-0.25, -0.2) is 8.78 Å². The van der Waals surface area contributed by atoms with Crippen molar-refractivity contribution < 1.29 is 18.5 Å². The monoisotopic (exact) mass is 278 g/mol. The summed E-state index contributed by atoms with van der Waals surface area (Å²) >= 11 is 0. The van der Waals surface area contributed by atoms with Crippen LogP contribution in [0.3, 0.4) is 0 Å². The molecule has 0 saturated heterocycles. The van der Waals surface area contributed by atoms with E-state index in [0.29, 0.717) is 0 Å². The predicted octanol–water partition coefficient (Wildman–Crippen LogP) is 3.16. The maximum Gasteiger partial charge on any atom is 0.270 e. The second-order valence-corrected chi connectivity index (χ2v) is 3.89. The third-order valence-electron chi connectivity index (χ3n) is 2.67. The Hall–Kier alpha value is -2.70. The molecule has 0 bridgehead atoms. The number of aromatic nitrogens is 1. The molecular weight excluding hydrogens is 270 g/mol. The molecule has 0 spiro atoms. The summed E-state index contributed by atoms with van der Waals surface area (Å²) in [5, 5.41) is 10.7. The van der Waals surface area contributed by atoms with Gasteiger partial charge in [-0.3, -0.25) is 19.9 Å². The van der Waals surface area contributed by atoms with Crippen LogP contribution >= 0.6 is 0 Å². The molecule has 5 nitrogen and oxygen atoms in total. The summed E-state index contributed by atoms with van der Waals surface area (Å²) in [4.78, 5) is 25.8. The number of halogens is 2. The van der Waals surface area contributed by atoms with Crippen molar-refractivity contribution in [2.75, 3.05) is 0 Å². The molecule has 0 amide bonds. The molecule has 2 rings (SSSR count). The molecule has 0 unspecified atom stereocenters. The summed E-state index contributed by atoms with van der Waals surface area (Å²) in [7, 11) is 0. The van der Waals surface area contributed by atoms with Crippen LogP contribution in [0.4, 0.5) is 14.5 Å². The first-order valence-electron chi connectivity index (χ1n) is 5.52. The molecule has 0 radical (unpaired) electrons. The standard InChI is InChI=1S/C13H8F2N2O3/c14-13(15)10-2-1-9(17(19)20)7-11(10)12(18)8-3-5-16-6-4-8/h1-7,13H. The molecule has 0 atom stereocenters. The Morgan fingerprint density at radius 2 is 1.85 bits per heavy atom. The van der Waals surface area contributed by atoms with Crippen LogP contribution < -0.4 is 0 Å². The Morgan fingerprint density at radius 1 is 1.20 bits per heavy atom. The van der Waals surface area contributed by atoms with Crippen molar-refractivity contribution >= 4 is 11.5 Å². The van der Waals surface area contributed by atoms with Gasteiger partial charge in [-0.1, -0.05) is 0 Å². The van der Waals surface area contributed by atoms with Gasteiger partial charge in [0.1, 0.15) is 0 Å². The van der Waals surface area contributed by atoms with Gasteiger partial charge in [0.15, 0.2) is 5.78 Å². The SMILES string of the molecule is O=C(c1ccncc1)c1cc([N+](=O)[O-])ccc1C(F)F. The highest BCUT2D eigenvalue weighted by molar-refractivity contribution is 6.10. The Morgan fingerprint density at radius 3 is 2.40 bits per heavy atom. The number of carbonyl (C=O) groups excluding carboxylic acids is 1. The van der Waals surface area contributed by atoms with Gasteiger partial charge < -0.3 is 0 Å². The van der Waals surface area contributed by atoms with Crippen molar-refractivity contribution in [3.8, 4) is 0 Å². The average Bonchev–Trinajstić information content (AvgIpc) is 2.46. The number of nitrogens with zero attached hydrogens (tertiary/aromatic N) is 2. The van der Waals surface area contributed by atoms with Gasteiger partial charge in [-0.05, 0) is 18.2 Å². The van der Waals surface area contributed by atoms with E-state index in [2.05, 4.69) is 4.98 Å². The van der Waals surface area contributed by atoms with Crippen LogP contribution in [0.25, 0.3) is 0 Å². The van der Waals surface area contributed by atoms with Crippen LogP contribution in [0.5, 0.6) is 0 Å². The number of carbonyl (C=O) groups is 1. The van der Waals surface area contributed by atoms with Gasteiger partial charge in [0, 0.05) is 41.2 Å². The van der Waals surface area contributed by atoms with Crippen molar-refractivity contribution in [2.24, 2.45) is 0 Å². The van der Waals surface area contributed by atoms with Crippen molar-refractivity contribution in [3.63, 3.8) is 0 Å². The number of rotatable bonds is 4. The molecule has 0 aliphatic rings. The van der Waals surface area contributed by atoms with Crippen molar-refractivity contribution in [2.45, 2.75) is 6.43 Å². The van der Waals surface area contributed by atoms with Crippen LogP contribution in [-0.2, 0) is 0 Å². The molecule has 0 aliphatic heterocycles. The van der Waals surface area contributed by atoms with E-state index in [1.165, 1.54) is 24.5 Å². The molecule has 1 aromatic carbocycles. The van der Waals surface area contributed by atoms with Gasteiger partial charge in [-0.2, -0.15) is 0 Å². The van der Waals surface area contributed by atoms with Crippen molar-refractivity contribution in [1.29, 1.82) is 0 Å². The second-order valence-electron chi connectivity index (χ2n) is 3.89. The number of hydrogen-bond donors (Lipinski definition) is 0. The van der Waals surface area contributed by atoms with Gasteiger partial charge in [0.05, 0.1) is 4.92 Å². The molecule has 0 N–H and O–H groups in total. The lowest BCUT2D eigenvalue weighted by atomic mass is 9.98. The molecule has 0 saturated carbocycles. The topological polar surface area (TPSA) is 73.1 Å². The van der Waals surface area contributed by atoms with E-state index in [1.807, 2.05) is 0 Å². The summed E-state index contributed by atoms with van der Waals surface area (Å²) < 4.78 is 25.8. The number of non-ortho nitro benzene ring substituents is 1. The highest BCUT2D eigenvalue weighted by Crippen LogP contribution is 2.28. The number of hydrogen-bond acceptors (Lipinski definition) is 4. The minimum atomic E-state index is -2.89. The van der Waals surface area contributed by atoms with Gasteiger partial charge >= 0.3 is 0 Å². The summed E-state index contributed by atoms with van der Waals surface area (Å²) in [5.41, 5.74) is -1.17.